The van der Waals surface area contributed by atoms with Gasteiger partial charge in [-0.25, -0.2) is 4.79 Å². The summed E-state index contributed by atoms with van der Waals surface area (Å²) in [6.07, 6.45) is 5.10. The number of imide groups is 1. The molecule has 1 aromatic heterocycles. The van der Waals surface area contributed by atoms with Crippen LogP contribution in [0, 0.1) is 11.8 Å². The third kappa shape index (κ3) is 2.54. The molecular formula is C19H17NO5. The summed E-state index contributed by atoms with van der Waals surface area (Å²) in [6, 6.07) is 6.49. The second-order valence-corrected chi connectivity index (χ2v) is 6.37. The largest absolute Gasteiger partial charge is 0.497 e. The third-order valence-corrected chi connectivity index (χ3v) is 4.96. The summed E-state index contributed by atoms with van der Waals surface area (Å²) in [7, 11) is 1.53. The molecule has 0 unspecified atom stereocenters. The summed E-state index contributed by atoms with van der Waals surface area (Å²) in [5, 5.41) is 0.689. The maximum atomic E-state index is 12.6. The molecule has 1 saturated heterocycles. The Morgan fingerprint density at radius 2 is 1.76 bits per heavy atom. The summed E-state index contributed by atoms with van der Waals surface area (Å²) in [5.74, 6) is -0.297. The van der Waals surface area contributed by atoms with Crippen molar-refractivity contribution in [2.75, 3.05) is 7.11 Å². The van der Waals surface area contributed by atoms with Gasteiger partial charge in [0.15, 0.2) is 0 Å². The first-order valence-corrected chi connectivity index (χ1v) is 8.19. The second kappa shape index (κ2) is 5.88. The van der Waals surface area contributed by atoms with Crippen LogP contribution >= 0.6 is 0 Å². The Labute approximate surface area is 143 Å². The van der Waals surface area contributed by atoms with Crippen LogP contribution in [0.15, 0.2) is 45.6 Å². The third-order valence-electron chi connectivity index (χ3n) is 4.96. The van der Waals surface area contributed by atoms with E-state index in [1.165, 1.54) is 18.1 Å². The molecule has 2 aromatic rings. The minimum absolute atomic E-state index is 0.0824. The normalized spacial score (nSPS) is 22.5. The Kier molecular flexibility index (Phi) is 3.67. The van der Waals surface area contributed by atoms with Gasteiger partial charge in [0.05, 0.1) is 25.5 Å². The average Bonchev–Trinajstić information content (AvgIpc) is 2.86. The molecular weight excluding hydrogens is 322 g/mol. The Bertz CT molecular complexity index is 932. The number of hydrogen-bond acceptors (Lipinski definition) is 5. The fourth-order valence-corrected chi connectivity index (χ4v) is 3.66. The van der Waals surface area contributed by atoms with Crippen molar-refractivity contribution in [1.82, 2.24) is 4.90 Å². The molecule has 2 heterocycles. The molecule has 128 valence electrons. The van der Waals surface area contributed by atoms with Crippen molar-refractivity contribution in [2.24, 2.45) is 11.8 Å². The Balaban J connectivity index is 1.72. The van der Waals surface area contributed by atoms with Crippen molar-refractivity contribution in [3.05, 3.63) is 52.4 Å². The number of benzene rings is 1. The summed E-state index contributed by atoms with van der Waals surface area (Å²) in [5.41, 5.74) is 0.455. The van der Waals surface area contributed by atoms with Gasteiger partial charge in [-0.05, 0) is 30.5 Å². The van der Waals surface area contributed by atoms with Crippen molar-refractivity contribution in [1.29, 1.82) is 0 Å². The van der Waals surface area contributed by atoms with E-state index >= 15 is 0 Å². The lowest BCUT2D eigenvalue weighted by Gasteiger charge is -2.16. The quantitative estimate of drug-likeness (QED) is 0.487. The fourth-order valence-electron chi connectivity index (χ4n) is 3.66. The number of fused-ring (bicyclic) bond motifs is 2. The first-order valence-electron chi connectivity index (χ1n) is 8.19. The SMILES string of the molecule is COc1ccc2c(CN3C(=O)[C@H]4CC=CC[C@H]4C3=O)cc(=O)oc2c1. The number of carbonyl (C=O) groups excluding carboxylic acids is 2. The molecule has 0 spiro atoms. The molecule has 0 bridgehead atoms. The van der Waals surface area contributed by atoms with E-state index in [9.17, 15) is 14.4 Å². The number of likely N-dealkylation sites (tertiary alicyclic amines) is 1. The molecule has 6 nitrogen and oxygen atoms in total. The van der Waals surface area contributed by atoms with E-state index in [0.29, 0.717) is 35.1 Å². The van der Waals surface area contributed by atoms with Crippen molar-refractivity contribution in [2.45, 2.75) is 19.4 Å². The summed E-state index contributed by atoms with van der Waals surface area (Å²) >= 11 is 0. The van der Waals surface area contributed by atoms with Crippen LogP contribution in [0.25, 0.3) is 11.0 Å². The van der Waals surface area contributed by atoms with Crippen molar-refractivity contribution < 1.29 is 18.7 Å². The Morgan fingerprint density at radius 3 is 2.40 bits per heavy atom. The second-order valence-electron chi connectivity index (χ2n) is 6.37. The van der Waals surface area contributed by atoms with Gasteiger partial charge in [-0.15, -0.1) is 0 Å². The van der Waals surface area contributed by atoms with E-state index in [4.69, 9.17) is 9.15 Å². The number of hydrogen-bond donors (Lipinski definition) is 0. The fraction of sp³-hybridized carbons (Fsp3) is 0.316. The van der Waals surface area contributed by atoms with Gasteiger partial charge >= 0.3 is 5.63 Å². The van der Waals surface area contributed by atoms with Gasteiger partial charge < -0.3 is 9.15 Å². The zero-order valence-electron chi connectivity index (χ0n) is 13.7. The van der Waals surface area contributed by atoms with Crippen LogP contribution in [0.3, 0.4) is 0 Å². The number of amides is 2. The van der Waals surface area contributed by atoms with Crippen molar-refractivity contribution in [3.63, 3.8) is 0 Å². The summed E-state index contributed by atoms with van der Waals surface area (Å²) in [6.45, 7) is 0.0824. The summed E-state index contributed by atoms with van der Waals surface area (Å²) < 4.78 is 10.4. The Hall–Kier alpha value is -2.89. The molecule has 1 aliphatic heterocycles. The highest BCUT2D eigenvalue weighted by molar-refractivity contribution is 6.05. The van der Waals surface area contributed by atoms with E-state index in [1.54, 1.807) is 18.2 Å². The summed E-state index contributed by atoms with van der Waals surface area (Å²) in [4.78, 5) is 38.4. The van der Waals surface area contributed by atoms with E-state index in [1.807, 2.05) is 12.2 Å². The molecule has 0 N–H and O–H groups in total. The van der Waals surface area contributed by atoms with Crippen LogP contribution in [0.2, 0.25) is 0 Å². The van der Waals surface area contributed by atoms with Crippen LogP contribution in [0.5, 0.6) is 5.75 Å². The van der Waals surface area contributed by atoms with Crippen LogP contribution < -0.4 is 10.4 Å². The average molecular weight is 339 g/mol. The highest BCUT2D eigenvalue weighted by Crippen LogP contribution is 2.36. The maximum Gasteiger partial charge on any atom is 0.336 e. The molecule has 1 aliphatic carbocycles. The number of rotatable bonds is 3. The molecule has 1 fully saturated rings. The van der Waals surface area contributed by atoms with Gasteiger partial charge in [-0.1, -0.05) is 12.2 Å². The van der Waals surface area contributed by atoms with E-state index in [0.717, 1.165) is 0 Å². The zero-order chi connectivity index (χ0) is 17.6. The molecule has 25 heavy (non-hydrogen) atoms. The lowest BCUT2D eigenvalue weighted by Crippen LogP contribution is -2.31. The molecule has 4 rings (SSSR count). The van der Waals surface area contributed by atoms with Crippen LogP contribution in [-0.4, -0.2) is 23.8 Å². The number of carbonyl (C=O) groups is 2. The van der Waals surface area contributed by atoms with Gasteiger partial charge in [0.25, 0.3) is 0 Å². The van der Waals surface area contributed by atoms with Crippen molar-refractivity contribution in [3.8, 4) is 5.75 Å². The minimum Gasteiger partial charge on any atom is -0.497 e. The smallest absolute Gasteiger partial charge is 0.336 e. The monoisotopic (exact) mass is 339 g/mol. The van der Waals surface area contributed by atoms with Gasteiger partial charge in [0.1, 0.15) is 11.3 Å². The van der Waals surface area contributed by atoms with E-state index in [-0.39, 0.29) is 30.2 Å². The molecule has 2 atom stereocenters. The van der Waals surface area contributed by atoms with Gasteiger partial charge in [0, 0.05) is 17.5 Å². The topological polar surface area (TPSA) is 76.8 Å². The highest BCUT2D eigenvalue weighted by atomic mass is 16.5. The van der Waals surface area contributed by atoms with Crippen molar-refractivity contribution >= 4 is 22.8 Å². The molecule has 6 heteroatoms. The number of methoxy groups -OCH3 is 1. The standard InChI is InChI=1S/C19H17NO5/c1-24-12-6-7-13-11(8-17(21)25-16(13)9-12)10-20-18(22)14-4-2-3-5-15(14)19(20)23/h2-3,6-9,14-15H,4-5,10H2,1H3/t14-,15+. The van der Waals surface area contributed by atoms with Gasteiger partial charge in [-0.2, -0.15) is 0 Å². The number of nitrogens with zero attached hydrogens (tertiary/aromatic N) is 1. The van der Waals surface area contributed by atoms with Crippen LogP contribution in [-0.2, 0) is 16.1 Å². The lowest BCUT2D eigenvalue weighted by atomic mass is 9.85. The molecule has 0 radical (unpaired) electrons. The molecule has 0 saturated carbocycles. The predicted octanol–water partition coefficient (Wildman–Crippen LogP) is 2.25. The predicted molar refractivity (Wildman–Crippen MR) is 89.9 cm³/mol. The lowest BCUT2D eigenvalue weighted by molar-refractivity contribution is -0.140. The molecule has 2 aliphatic rings. The highest BCUT2D eigenvalue weighted by Gasteiger charge is 2.47. The first kappa shape index (κ1) is 15.6. The van der Waals surface area contributed by atoms with E-state index in [2.05, 4.69) is 0 Å². The first-order chi connectivity index (χ1) is 12.1. The molecule has 1 aromatic carbocycles. The Morgan fingerprint density at radius 1 is 1.08 bits per heavy atom. The van der Waals surface area contributed by atoms with Gasteiger partial charge in [0.2, 0.25) is 11.8 Å². The zero-order valence-corrected chi connectivity index (χ0v) is 13.7. The van der Waals surface area contributed by atoms with Crippen LogP contribution in [0.1, 0.15) is 18.4 Å². The van der Waals surface area contributed by atoms with Gasteiger partial charge in [-0.3, -0.25) is 14.5 Å². The van der Waals surface area contributed by atoms with E-state index < -0.39 is 5.63 Å². The molecule has 2 amide bonds. The maximum absolute atomic E-state index is 12.6. The number of allylic oxidation sites excluding steroid dienone is 2. The minimum atomic E-state index is -0.520. The number of ether oxygens (including phenoxy) is 1. The van der Waals surface area contributed by atoms with Crippen LogP contribution in [0.4, 0.5) is 0 Å².